The van der Waals surface area contributed by atoms with E-state index in [-0.39, 0.29) is 0 Å². The zero-order valence-corrected chi connectivity index (χ0v) is 14.7. The van der Waals surface area contributed by atoms with E-state index in [1.807, 2.05) is 28.7 Å². The molecule has 0 atom stereocenters. The lowest BCUT2D eigenvalue weighted by Gasteiger charge is -2.29. The van der Waals surface area contributed by atoms with Gasteiger partial charge in [0.1, 0.15) is 12.9 Å². The van der Waals surface area contributed by atoms with Crippen LogP contribution in [0.2, 0.25) is 0 Å². The van der Waals surface area contributed by atoms with E-state index in [4.69, 9.17) is 5.41 Å². The molecule has 0 aliphatic carbocycles. The van der Waals surface area contributed by atoms with E-state index in [1.165, 1.54) is 24.8 Å². The Kier molecular flexibility index (Phi) is 4.22. The van der Waals surface area contributed by atoms with Crippen molar-refractivity contribution in [3.8, 4) is 0 Å². The van der Waals surface area contributed by atoms with Crippen LogP contribution in [-0.2, 0) is 13.6 Å². The Balaban J connectivity index is 1.50. The summed E-state index contributed by atoms with van der Waals surface area (Å²) in [7, 11) is 2.02. The summed E-state index contributed by atoms with van der Waals surface area (Å²) in [6.07, 6.45) is 9.73. The van der Waals surface area contributed by atoms with E-state index in [9.17, 15) is 0 Å². The molecule has 1 N–H and O–H groups in total. The standard InChI is InChI=1S/C20H24N5/c1-23-12-9-19-18(15-23)13-22-25(19)14-16-5-7-17(8-6-16)20(21)24-10-3-2-4-11-24/h5-9,12-13,15,21H,2-4,10-11,14H2,1H3/q+1. The summed E-state index contributed by atoms with van der Waals surface area (Å²) in [6.45, 7) is 2.77. The number of nitrogens with one attached hydrogen (secondary N) is 1. The van der Waals surface area contributed by atoms with Gasteiger partial charge in [0.2, 0.25) is 0 Å². The molecule has 1 aliphatic heterocycles. The molecule has 25 heavy (non-hydrogen) atoms. The van der Waals surface area contributed by atoms with Crippen LogP contribution in [0.4, 0.5) is 0 Å². The first-order valence-electron chi connectivity index (χ1n) is 8.94. The second kappa shape index (κ2) is 6.67. The van der Waals surface area contributed by atoms with Crippen molar-refractivity contribution in [1.29, 1.82) is 5.41 Å². The highest BCUT2D eigenvalue weighted by Crippen LogP contribution is 2.16. The van der Waals surface area contributed by atoms with Crippen LogP contribution in [0, 0.1) is 5.41 Å². The van der Waals surface area contributed by atoms with Crippen LogP contribution in [0.1, 0.15) is 30.4 Å². The highest BCUT2D eigenvalue weighted by molar-refractivity contribution is 5.96. The van der Waals surface area contributed by atoms with Crippen molar-refractivity contribution in [3.63, 3.8) is 0 Å². The SMILES string of the molecule is C[n+]1ccc2c(cnn2Cc2ccc(C(=N)N3CCCCC3)cc2)c1. The minimum absolute atomic E-state index is 0.656. The van der Waals surface area contributed by atoms with Crippen LogP contribution in [0.3, 0.4) is 0 Å². The van der Waals surface area contributed by atoms with E-state index < -0.39 is 0 Å². The van der Waals surface area contributed by atoms with Gasteiger partial charge in [0.25, 0.3) is 0 Å². The lowest BCUT2D eigenvalue weighted by Crippen LogP contribution is -2.35. The topological polar surface area (TPSA) is 48.8 Å². The van der Waals surface area contributed by atoms with Crippen molar-refractivity contribution in [2.45, 2.75) is 25.8 Å². The van der Waals surface area contributed by atoms with Crippen molar-refractivity contribution >= 4 is 16.7 Å². The molecule has 0 spiro atoms. The smallest absolute Gasteiger partial charge is 0.179 e. The predicted molar refractivity (Wildman–Crippen MR) is 98.7 cm³/mol. The minimum Gasteiger partial charge on any atom is -0.357 e. The summed E-state index contributed by atoms with van der Waals surface area (Å²) in [5.74, 6) is 0.656. The number of pyridine rings is 1. The fraction of sp³-hybridized carbons (Fsp3) is 0.350. The molecular formula is C20H24N5+. The molecule has 4 rings (SSSR count). The van der Waals surface area contributed by atoms with Crippen LogP contribution < -0.4 is 4.57 Å². The second-order valence-electron chi connectivity index (χ2n) is 6.85. The van der Waals surface area contributed by atoms with Crippen LogP contribution in [0.15, 0.2) is 48.9 Å². The number of aromatic nitrogens is 3. The Morgan fingerprint density at radius 3 is 2.64 bits per heavy atom. The van der Waals surface area contributed by atoms with Crippen LogP contribution in [0.5, 0.6) is 0 Å². The monoisotopic (exact) mass is 334 g/mol. The molecule has 3 heterocycles. The van der Waals surface area contributed by atoms with E-state index in [0.29, 0.717) is 5.84 Å². The lowest BCUT2D eigenvalue weighted by molar-refractivity contribution is -0.670. The average molecular weight is 334 g/mol. The van der Waals surface area contributed by atoms with Crippen LogP contribution >= 0.6 is 0 Å². The highest BCUT2D eigenvalue weighted by atomic mass is 15.3. The van der Waals surface area contributed by atoms with Gasteiger partial charge in [-0.05, 0) is 24.8 Å². The van der Waals surface area contributed by atoms with Gasteiger partial charge in [-0.25, -0.2) is 4.57 Å². The Labute approximate surface area is 148 Å². The number of rotatable bonds is 3. The van der Waals surface area contributed by atoms with E-state index in [0.717, 1.165) is 36.1 Å². The molecule has 1 saturated heterocycles. The molecule has 0 unspecified atom stereocenters. The Bertz CT molecular complexity index is 888. The van der Waals surface area contributed by atoms with Gasteiger partial charge >= 0.3 is 0 Å². The number of nitrogens with zero attached hydrogens (tertiary/aromatic N) is 4. The van der Waals surface area contributed by atoms with Gasteiger partial charge < -0.3 is 4.90 Å². The fourth-order valence-electron chi connectivity index (χ4n) is 3.51. The van der Waals surface area contributed by atoms with Gasteiger partial charge in [0, 0.05) is 24.7 Å². The summed E-state index contributed by atoms with van der Waals surface area (Å²) < 4.78 is 4.07. The number of hydrogen-bond acceptors (Lipinski definition) is 2. The maximum absolute atomic E-state index is 8.43. The second-order valence-corrected chi connectivity index (χ2v) is 6.85. The van der Waals surface area contributed by atoms with Crippen molar-refractivity contribution in [1.82, 2.24) is 14.7 Å². The van der Waals surface area contributed by atoms with Gasteiger partial charge in [0.15, 0.2) is 12.4 Å². The Hall–Kier alpha value is -2.69. The zero-order chi connectivity index (χ0) is 17.2. The molecule has 1 aromatic carbocycles. The van der Waals surface area contributed by atoms with Gasteiger partial charge in [0.05, 0.1) is 23.6 Å². The quantitative estimate of drug-likeness (QED) is 0.455. The molecule has 0 bridgehead atoms. The summed E-state index contributed by atoms with van der Waals surface area (Å²) in [5.41, 5.74) is 3.35. The number of piperidine rings is 1. The molecule has 3 aromatic rings. The van der Waals surface area contributed by atoms with E-state index in [1.54, 1.807) is 0 Å². The summed E-state index contributed by atoms with van der Waals surface area (Å²) >= 11 is 0. The maximum Gasteiger partial charge on any atom is 0.179 e. The maximum atomic E-state index is 8.43. The molecule has 128 valence electrons. The number of hydrogen-bond donors (Lipinski definition) is 1. The number of benzene rings is 1. The first-order valence-corrected chi connectivity index (χ1v) is 8.94. The number of likely N-dealkylation sites (tertiary alicyclic amines) is 1. The minimum atomic E-state index is 0.656. The number of aryl methyl sites for hydroxylation is 1. The first-order chi connectivity index (χ1) is 12.2. The molecule has 0 radical (unpaired) electrons. The van der Waals surface area contributed by atoms with Crippen molar-refractivity contribution in [2.24, 2.45) is 7.05 Å². The third kappa shape index (κ3) is 3.27. The Morgan fingerprint density at radius 2 is 1.88 bits per heavy atom. The molecule has 1 fully saturated rings. The number of amidine groups is 1. The van der Waals surface area contributed by atoms with Gasteiger partial charge in [-0.3, -0.25) is 10.1 Å². The summed E-state index contributed by atoms with van der Waals surface area (Å²) in [4.78, 5) is 2.19. The fourth-order valence-corrected chi connectivity index (χ4v) is 3.51. The zero-order valence-electron chi connectivity index (χ0n) is 14.7. The predicted octanol–water partition coefficient (Wildman–Crippen LogP) is 2.72. The molecule has 1 aliphatic rings. The molecule has 5 heteroatoms. The van der Waals surface area contributed by atoms with Crippen molar-refractivity contribution < 1.29 is 4.57 Å². The molecular weight excluding hydrogens is 310 g/mol. The largest absolute Gasteiger partial charge is 0.357 e. The number of fused-ring (bicyclic) bond motifs is 1. The van der Waals surface area contributed by atoms with E-state index >= 15 is 0 Å². The van der Waals surface area contributed by atoms with Crippen molar-refractivity contribution in [2.75, 3.05) is 13.1 Å². The first kappa shape index (κ1) is 15.8. The van der Waals surface area contributed by atoms with E-state index in [2.05, 4.69) is 46.5 Å². The van der Waals surface area contributed by atoms with Gasteiger partial charge in [-0.2, -0.15) is 5.10 Å². The third-order valence-corrected chi connectivity index (χ3v) is 4.95. The third-order valence-electron chi connectivity index (χ3n) is 4.95. The van der Waals surface area contributed by atoms with Crippen molar-refractivity contribution in [3.05, 3.63) is 60.0 Å². The lowest BCUT2D eigenvalue weighted by atomic mass is 10.1. The summed E-state index contributed by atoms with van der Waals surface area (Å²) in [5, 5.41) is 14.1. The average Bonchev–Trinajstić information content (AvgIpc) is 3.04. The van der Waals surface area contributed by atoms with Gasteiger partial charge in [-0.1, -0.05) is 24.3 Å². The van der Waals surface area contributed by atoms with Crippen LogP contribution in [0.25, 0.3) is 10.9 Å². The molecule has 0 saturated carbocycles. The summed E-state index contributed by atoms with van der Waals surface area (Å²) in [6, 6.07) is 10.5. The molecule has 2 aromatic heterocycles. The Morgan fingerprint density at radius 1 is 1.12 bits per heavy atom. The van der Waals surface area contributed by atoms with Crippen LogP contribution in [-0.4, -0.2) is 33.6 Å². The molecule has 0 amide bonds. The normalized spacial score (nSPS) is 14.8. The molecule has 5 nitrogen and oxygen atoms in total. The van der Waals surface area contributed by atoms with Gasteiger partial charge in [-0.15, -0.1) is 0 Å². The highest BCUT2D eigenvalue weighted by Gasteiger charge is 2.15.